The molecule has 0 aliphatic carbocycles. The van der Waals surface area contributed by atoms with Crippen LogP contribution in [0.5, 0.6) is 0 Å². The number of hydrogen-bond donors (Lipinski definition) is 1. The Morgan fingerprint density at radius 3 is 2.16 bits per heavy atom. The van der Waals surface area contributed by atoms with E-state index in [0.717, 1.165) is 4.90 Å². The molecule has 0 unspecified atom stereocenters. The van der Waals surface area contributed by atoms with Crippen molar-refractivity contribution in [2.75, 3.05) is 6.54 Å². The average molecular weight is 345 g/mol. The summed E-state index contributed by atoms with van der Waals surface area (Å²) >= 11 is 0. The average Bonchev–Trinajstić information content (AvgIpc) is 2.54. The van der Waals surface area contributed by atoms with E-state index in [9.17, 15) is 14.0 Å². The minimum atomic E-state index is -1.14. The normalized spacial score (nSPS) is 11.2. The fraction of sp³-hybridized carbons (Fsp3) is 0.333. The second-order valence-corrected chi connectivity index (χ2v) is 6.73. The highest BCUT2D eigenvalue weighted by Crippen LogP contribution is 2.18. The van der Waals surface area contributed by atoms with E-state index in [1.165, 1.54) is 36.7 Å². The number of carbonyl (C=O) groups excluding carboxylic acids is 1. The van der Waals surface area contributed by atoms with E-state index in [-0.39, 0.29) is 17.5 Å². The van der Waals surface area contributed by atoms with Crippen LogP contribution in [-0.4, -0.2) is 38.4 Å². The van der Waals surface area contributed by atoms with Crippen molar-refractivity contribution in [2.24, 2.45) is 0 Å². The lowest BCUT2D eigenvalue weighted by atomic mass is 9.96. The van der Waals surface area contributed by atoms with Crippen LogP contribution < -0.4 is 0 Å². The SMILES string of the molecule is CC(C)(C)c1ncc(C(=O)N(CC(=O)O)Cc2ccc(F)cc2)cn1. The zero-order valence-corrected chi connectivity index (χ0v) is 14.4. The van der Waals surface area contributed by atoms with Gasteiger partial charge < -0.3 is 10.0 Å². The zero-order valence-electron chi connectivity index (χ0n) is 14.4. The minimum Gasteiger partial charge on any atom is -0.480 e. The molecule has 0 atom stereocenters. The minimum absolute atomic E-state index is 0.0481. The number of rotatable bonds is 5. The maximum absolute atomic E-state index is 13.0. The number of aromatic nitrogens is 2. The molecule has 7 heteroatoms. The van der Waals surface area contributed by atoms with Gasteiger partial charge in [0.2, 0.25) is 0 Å². The van der Waals surface area contributed by atoms with Crippen LogP contribution >= 0.6 is 0 Å². The van der Waals surface area contributed by atoms with Crippen LogP contribution in [0, 0.1) is 5.82 Å². The standard InChI is InChI=1S/C18H20FN3O3/c1-18(2,3)17-20-8-13(9-21-17)16(25)22(11-15(23)24)10-12-4-6-14(19)7-5-12/h4-9H,10-11H2,1-3H3,(H,23,24). The monoisotopic (exact) mass is 345 g/mol. The molecule has 1 aromatic heterocycles. The van der Waals surface area contributed by atoms with Crippen LogP contribution in [0.15, 0.2) is 36.7 Å². The van der Waals surface area contributed by atoms with Crippen LogP contribution in [0.3, 0.4) is 0 Å². The lowest BCUT2D eigenvalue weighted by molar-refractivity contribution is -0.137. The molecule has 0 bridgehead atoms. The van der Waals surface area contributed by atoms with Gasteiger partial charge in [0.25, 0.3) is 5.91 Å². The third kappa shape index (κ3) is 5.07. The third-order valence-electron chi connectivity index (χ3n) is 3.47. The molecule has 2 aromatic rings. The molecule has 0 radical (unpaired) electrons. The summed E-state index contributed by atoms with van der Waals surface area (Å²) in [5.74, 6) is -1.44. The van der Waals surface area contributed by atoms with Crippen molar-refractivity contribution in [1.82, 2.24) is 14.9 Å². The van der Waals surface area contributed by atoms with Gasteiger partial charge in [0.1, 0.15) is 18.2 Å². The Kier molecular flexibility index (Phi) is 5.46. The molecule has 1 N–H and O–H groups in total. The molecular weight excluding hydrogens is 325 g/mol. The van der Waals surface area contributed by atoms with E-state index < -0.39 is 24.2 Å². The van der Waals surface area contributed by atoms with E-state index in [1.54, 1.807) is 0 Å². The van der Waals surface area contributed by atoms with Gasteiger partial charge in [-0.2, -0.15) is 0 Å². The molecule has 1 heterocycles. The molecule has 0 aliphatic heterocycles. The van der Waals surface area contributed by atoms with Crippen molar-refractivity contribution >= 4 is 11.9 Å². The van der Waals surface area contributed by atoms with E-state index in [0.29, 0.717) is 11.4 Å². The van der Waals surface area contributed by atoms with Gasteiger partial charge in [-0.15, -0.1) is 0 Å². The fourth-order valence-electron chi connectivity index (χ4n) is 2.18. The van der Waals surface area contributed by atoms with Gasteiger partial charge in [-0.3, -0.25) is 9.59 Å². The van der Waals surface area contributed by atoms with Gasteiger partial charge in [0, 0.05) is 24.4 Å². The molecule has 25 heavy (non-hydrogen) atoms. The number of carbonyl (C=O) groups is 2. The van der Waals surface area contributed by atoms with Gasteiger partial charge in [-0.1, -0.05) is 32.9 Å². The van der Waals surface area contributed by atoms with Crippen LogP contribution in [0.4, 0.5) is 4.39 Å². The first-order valence-corrected chi connectivity index (χ1v) is 7.75. The maximum atomic E-state index is 13.0. The Morgan fingerprint density at radius 1 is 1.12 bits per heavy atom. The lowest BCUT2D eigenvalue weighted by Gasteiger charge is -2.21. The number of hydrogen-bond acceptors (Lipinski definition) is 4. The number of nitrogens with zero attached hydrogens (tertiary/aromatic N) is 3. The maximum Gasteiger partial charge on any atom is 0.323 e. The topological polar surface area (TPSA) is 83.4 Å². The van der Waals surface area contributed by atoms with Crippen LogP contribution in [0.1, 0.15) is 42.5 Å². The fourth-order valence-corrected chi connectivity index (χ4v) is 2.18. The number of carboxylic acids is 1. The highest BCUT2D eigenvalue weighted by Gasteiger charge is 2.22. The summed E-state index contributed by atoms with van der Waals surface area (Å²) < 4.78 is 13.0. The first-order chi connectivity index (χ1) is 11.7. The molecule has 0 fully saturated rings. The summed E-state index contributed by atoms with van der Waals surface area (Å²) in [6.07, 6.45) is 2.80. The highest BCUT2D eigenvalue weighted by molar-refractivity contribution is 5.95. The Bertz CT molecular complexity index is 753. The Balaban J connectivity index is 2.22. The number of amides is 1. The lowest BCUT2D eigenvalue weighted by Crippen LogP contribution is -2.35. The van der Waals surface area contributed by atoms with Crippen LogP contribution in [0.25, 0.3) is 0 Å². The van der Waals surface area contributed by atoms with Gasteiger partial charge in [-0.25, -0.2) is 14.4 Å². The second-order valence-electron chi connectivity index (χ2n) is 6.73. The van der Waals surface area contributed by atoms with E-state index >= 15 is 0 Å². The van der Waals surface area contributed by atoms with Crippen molar-refractivity contribution in [2.45, 2.75) is 32.7 Å². The van der Waals surface area contributed by atoms with Crippen LogP contribution in [-0.2, 0) is 16.8 Å². The third-order valence-corrected chi connectivity index (χ3v) is 3.47. The van der Waals surface area contributed by atoms with Gasteiger partial charge in [0.15, 0.2) is 0 Å². The van der Waals surface area contributed by atoms with Crippen molar-refractivity contribution in [3.05, 3.63) is 59.4 Å². The summed E-state index contributed by atoms with van der Waals surface area (Å²) in [4.78, 5) is 33.3. The quantitative estimate of drug-likeness (QED) is 0.901. The Hall–Kier alpha value is -2.83. The number of aliphatic carboxylic acids is 1. The molecule has 0 saturated carbocycles. The van der Waals surface area contributed by atoms with Gasteiger partial charge in [-0.05, 0) is 17.7 Å². The predicted octanol–water partition coefficient (Wildman–Crippen LogP) is 2.64. The summed E-state index contributed by atoms with van der Waals surface area (Å²) in [5.41, 5.74) is 0.579. The Labute approximate surface area is 145 Å². The highest BCUT2D eigenvalue weighted by atomic mass is 19.1. The summed E-state index contributed by atoms with van der Waals surface area (Å²) in [6.45, 7) is 5.43. The second kappa shape index (κ2) is 7.38. The molecule has 0 saturated heterocycles. The largest absolute Gasteiger partial charge is 0.480 e. The molecule has 1 amide bonds. The van der Waals surface area contributed by atoms with Crippen molar-refractivity contribution in [3.8, 4) is 0 Å². The van der Waals surface area contributed by atoms with Crippen LogP contribution in [0.2, 0.25) is 0 Å². The van der Waals surface area contributed by atoms with E-state index in [2.05, 4.69) is 9.97 Å². The van der Waals surface area contributed by atoms with Gasteiger partial charge >= 0.3 is 5.97 Å². The molecular formula is C18H20FN3O3. The summed E-state index contributed by atoms with van der Waals surface area (Å²) in [7, 11) is 0. The van der Waals surface area contributed by atoms with Gasteiger partial charge in [0.05, 0.1) is 5.56 Å². The van der Waals surface area contributed by atoms with Crippen molar-refractivity contribution < 1.29 is 19.1 Å². The molecule has 0 spiro atoms. The first kappa shape index (κ1) is 18.5. The number of halogens is 1. The zero-order chi connectivity index (χ0) is 18.6. The molecule has 2 rings (SSSR count). The molecule has 1 aromatic carbocycles. The smallest absolute Gasteiger partial charge is 0.323 e. The van der Waals surface area contributed by atoms with E-state index in [4.69, 9.17) is 5.11 Å². The summed E-state index contributed by atoms with van der Waals surface area (Å²) in [6, 6.07) is 5.55. The molecule has 6 nitrogen and oxygen atoms in total. The number of benzene rings is 1. The summed E-state index contributed by atoms with van der Waals surface area (Å²) in [5, 5.41) is 9.07. The molecule has 0 aliphatic rings. The van der Waals surface area contributed by atoms with Crippen molar-refractivity contribution in [3.63, 3.8) is 0 Å². The van der Waals surface area contributed by atoms with E-state index in [1.807, 2.05) is 20.8 Å². The van der Waals surface area contributed by atoms with Crippen molar-refractivity contribution in [1.29, 1.82) is 0 Å². The first-order valence-electron chi connectivity index (χ1n) is 7.75. The Morgan fingerprint density at radius 2 is 1.68 bits per heavy atom. The number of carboxylic acid groups (broad SMARTS) is 1. The molecule has 132 valence electrons. The predicted molar refractivity (Wildman–Crippen MR) is 89.5 cm³/mol.